The minimum absolute atomic E-state index is 0.746. The molecule has 0 fully saturated rings. The summed E-state index contributed by atoms with van der Waals surface area (Å²) in [4.78, 5) is 4.67. The Morgan fingerprint density at radius 2 is 1.69 bits per heavy atom. The van der Waals surface area contributed by atoms with Crippen LogP contribution in [-0.4, -0.2) is 11.6 Å². The summed E-state index contributed by atoms with van der Waals surface area (Å²) in [6.45, 7) is 9.17. The minimum Gasteiger partial charge on any atom is -0.493 e. The maximum Gasteiger partial charge on any atom is 0.130 e. The van der Waals surface area contributed by atoms with Crippen LogP contribution in [0.2, 0.25) is 5.02 Å². The van der Waals surface area contributed by atoms with Gasteiger partial charge in [-0.05, 0) is 73.7 Å². The summed E-state index contributed by atoms with van der Waals surface area (Å²) in [6, 6.07) is 12.5. The smallest absolute Gasteiger partial charge is 0.130 e. The molecule has 0 amide bonds. The number of hydrogen-bond donors (Lipinski definition) is 0. The zero-order valence-corrected chi connectivity index (χ0v) is 16.8. The van der Waals surface area contributed by atoms with Gasteiger partial charge in [-0.3, -0.25) is 4.98 Å². The molecule has 0 N–H and O–H groups in total. The number of benzene rings is 2. The van der Waals surface area contributed by atoms with Crippen LogP contribution in [0.4, 0.5) is 0 Å². The van der Waals surface area contributed by atoms with Crippen molar-refractivity contribution < 1.29 is 4.74 Å². The molecule has 2 nitrogen and oxygen atoms in total. The normalized spacial score (nSPS) is 11.1. The molecule has 0 aliphatic rings. The van der Waals surface area contributed by atoms with E-state index in [1.807, 2.05) is 25.1 Å². The summed E-state index contributed by atoms with van der Waals surface area (Å²) in [5.41, 5.74) is 6.72. The Morgan fingerprint density at radius 1 is 0.962 bits per heavy atom. The molecule has 0 radical (unpaired) electrons. The first-order chi connectivity index (χ1) is 12.5. The van der Waals surface area contributed by atoms with Crippen LogP contribution in [0.5, 0.6) is 5.75 Å². The lowest BCUT2D eigenvalue weighted by Gasteiger charge is -2.14. The van der Waals surface area contributed by atoms with Crippen LogP contribution in [0, 0.1) is 20.8 Å². The average molecular weight is 368 g/mol. The molecule has 0 saturated heterocycles. The Balaban J connectivity index is 2.06. The van der Waals surface area contributed by atoms with Gasteiger partial charge in [0.05, 0.1) is 12.1 Å². The second-order valence-electron chi connectivity index (χ2n) is 6.96. The van der Waals surface area contributed by atoms with Gasteiger partial charge in [0.15, 0.2) is 0 Å². The van der Waals surface area contributed by atoms with Crippen molar-refractivity contribution in [1.29, 1.82) is 0 Å². The summed E-state index contributed by atoms with van der Waals surface area (Å²) >= 11 is 6.20. The zero-order valence-electron chi connectivity index (χ0n) is 16.0. The Hall–Kier alpha value is -2.06. The predicted molar refractivity (Wildman–Crippen MR) is 111 cm³/mol. The van der Waals surface area contributed by atoms with Gasteiger partial charge in [-0.15, -0.1) is 0 Å². The first-order valence-corrected chi connectivity index (χ1v) is 9.68. The van der Waals surface area contributed by atoms with E-state index in [-0.39, 0.29) is 0 Å². The van der Waals surface area contributed by atoms with Crippen LogP contribution in [0.25, 0.3) is 22.0 Å². The Labute approximate surface area is 161 Å². The van der Waals surface area contributed by atoms with Crippen LogP contribution in [0.3, 0.4) is 0 Å². The van der Waals surface area contributed by atoms with E-state index in [4.69, 9.17) is 16.3 Å². The number of aryl methyl sites for hydroxylation is 3. The molecule has 0 aliphatic heterocycles. The van der Waals surface area contributed by atoms with Crippen molar-refractivity contribution in [3.05, 3.63) is 58.2 Å². The standard InChI is InChI=1S/C23H26ClNO/c1-5-6-7-10-26-22-13-17(4)25-21-9-8-18(14-20(21)22)23-15(2)11-19(24)12-16(23)3/h8-9,11-14H,5-7,10H2,1-4H3. The predicted octanol–water partition coefficient (Wildman–Crippen LogP) is 7.05. The fourth-order valence-corrected chi connectivity index (χ4v) is 3.82. The largest absolute Gasteiger partial charge is 0.493 e. The van der Waals surface area contributed by atoms with E-state index < -0.39 is 0 Å². The number of unbranched alkanes of at least 4 members (excludes halogenated alkanes) is 2. The summed E-state index contributed by atoms with van der Waals surface area (Å²) in [7, 11) is 0. The molecule has 1 heterocycles. The Bertz CT molecular complexity index is 910. The van der Waals surface area contributed by atoms with E-state index in [1.165, 1.54) is 35.1 Å². The average Bonchev–Trinajstić information content (AvgIpc) is 2.58. The van der Waals surface area contributed by atoms with Crippen molar-refractivity contribution in [2.24, 2.45) is 0 Å². The highest BCUT2D eigenvalue weighted by Gasteiger charge is 2.11. The van der Waals surface area contributed by atoms with Gasteiger partial charge in [-0.1, -0.05) is 37.4 Å². The van der Waals surface area contributed by atoms with E-state index in [2.05, 4.69) is 44.0 Å². The minimum atomic E-state index is 0.746. The van der Waals surface area contributed by atoms with Crippen LogP contribution in [-0.2, 0) is 0 Å². The fourth-order valence-electron chi connectivity index (χ4n) is 3.50. The first kappa shape index (κ1) is 18.7. The Kier molecular flexibility index (Phi) is 5.83. The zero-order chi connectivity index (χ0) is 18.7. The number of aromatic nitrogens is 1. The number of nitrogens with zero attached hydrogens (tertiary/aromatic N) is 1. The maximum atomic E-state index is 6.20. The lowest BCUT2D eigenvalue weighted by atomic mass is 9.94. The molecule has 0 aliphatic carbocycles. The number of pyridine rings is 1. The molecule has 0 saturated carbocycles. The van der Waals surface area contributed by atoms with Crippen molar-refractivity contribution in [2.45, 2.75) is 47.0 Å². The molecule has 0 spiro atoms. The van der Waals surface area contributed by atoms with E-state index in [0.717, 1.165) is 40.4 Å². The van der Waals surface area contributed by atoms with Crippen molar-refractivity contribution >= 4 is 22.5 Å². The number of ether oxygens (including phenoxy) is 1. The second kappa shape index (κ2) is 8.09. The van der Waals surface area contributed by atoms with Crippen LogP contribution >= 0.6 is 11.6 Å². The van der Waals surface area contributed by atoms with Crippen molar-refractivity contribution in [3.63, 3.8) is 0 Å². The summed E-state index contributed by atoms with van der Waals surface area (Å²) < 4.78 is 6.11. The highest BCUT2D eigenvalue weighted by molar-refractivity contribution is 6.30. The topological polar surface area (TPSA) is 22.1 Å². The number of hydrogen-bond acceptors (Lipinski definition) is 2. The van der Waals surface area contributed by atoms with Gasteiger partial charge < -0.3 is 4.74 Å². The van der Waals surface area contributed by atoms with E-state index in [1.54, 1.807) is 0 Å². The highest BCUT2D eigenvalue weighted by atomic mass is 35.5. The quantitative estimate of drug-likeness (QED) is 0.435. The SMILES string of the molecule is CCCCCOc1cc(C)nc2ccc(-c3c(C)cc(Cl)cc3C)cc12. The van der Waals surface area contributed by atoms with Gasteiger partial charge in [-0.25, -0.2) is 0 Å². The molecule has 136 valence electrons. The van der Waals surface area contributed by atoms with Gasteiger partial charge >= 0.3 is 0 Å². The highest BCUT2D eigenvalue weighted by Crippen LogP contribution is 2.34. The maximum absolute atomic E-state index is 6.20. The Morgan fingerprint density at radius 3 is 2.38 bits per heavy atom. The number of fused-ring (bicyclic) bond motifs is 1. The molecule has 2 aromatic carbocycles. The third-order valence-electron chi connectivity index (χ3n) is 4.69. The van der Waals surface area contributed by atoms with Gasteiger partial charge in [0, 0.05) is 22.2 Å². The van der Waals surface area contributed by atoms with Gasteiger partial charge in [0.1, 0.15) is 5.75 Å². The molecule has 1 aromatic heterocycles. The summed E-state index contributed by atoms with van der Waals surface area (Å²) in [5.74, 6) is 0.926. The summed E-state index contributed by atoms with van der Waals surface area (Å²) in [6.07, 6.45) is 3.46. The third-order valence-corrected chi connectivity index (χ3v) is 4.91. The van der Waals surface area contributed by atoms with Crippen LogP contribution < -0.4 is 4.74 Å². The molecule has 26 heavy (non-hydrogen) atoms. The van der Waals surface area contributed by atoms with E-state index in [9.17, 15) is 0 Å². The molecular formula is C23H26ClNO. The third kappa shape index (κ3) is 4.02. The second-order valence-corrected chi connectivity index (χ2v) is 7.40. The van der Waals surface area contributed by atoms with Crippen LogP contribution in [0.15, 0.2) is 36.4 Å². The van der Waals surface area contributed by atoms with Gasteiger partial charge in [0.2, 0.25) is 0 Å². The lowest BCUT2D eigenvalue weighted by molar-refractivity contribution is 0.309. The van der Waals surface area contributed by atoms with Crippen molar-refractivity contribution in [3.8, 4) is 16.9 Å². The van der Waals surface area contributed by atoms with Gasteiger partial charge in [-0.2, -0.15) is 0 Å². The van der Waals surface area contributed by atoms with Gasteiger partial charge in [0.25, 0.3) is 0 Å². The molecule has 3 aromatic rings. The number of halogens is 1. The molecular weight excluding hydrogens is 342 g/mol. The monoisotopic (exact) mass is 367 g/mol. The summed E-state index contributed by atoms with van der Waals surface area (Å²) in [5, 5.41) is 1.85. The van der Waals surface area contributed by atoms with Crippen LogP contribution in [0.1, 0.15) is 43.0 Å². The molecule has 0 bridgehead atoms. The molecule has 3 rings (SSSR count). The fraction of sp³-hybridized carbons (Fsp3) is 0.348. The molecule has 3 heteroatoms. The first-order valence-electron chi connectivity index (χ1n) is 9.31. The molecule has 0 unspecified atom stereocenters. The molecule has 0 atom stereocenters. The van der Waals surface area contributed by atoms with Crippen molar-refractivity contribution in [2.75, 3.05) is 6.61 Å². The van der Waals surface area contributed by atoms with E-state index >= 15 is 0 Å². The van der Waals surface area contributed by atoms with E-state index in [0.29, 0.717) is 0 Å². The number of rotatable bonds is 6. The van der Waals surface area contributed by atoms with Crippen molar-refractivity contribution in [1.82, 2.24) is 4.98 Å². The lowest BCUT2D eigenvalue weighted by Crippen LogP contribution is -1.99.